The van der Waals surface area contributed by atoms with Crippen LogP contribution in [0, 0.1) is 0 Å². The van der Waals surface area contributed by atoms with Gasteiger partial charge in [-0.2, -0.15) is 0 Å². The Bertz CT molecular complexity index is 389. The van der Waals surface area contributed by atoms with E-state index in [0.717, 1.165) is 11.1 Å². The maximum absolute atomic E-state index is 12.0. The van der Waals surface area contributed by atoms with Crippen LogP contribution >= 0.6 is 0 Å². The smallest absolute Gasteiger partial charge is 0.247 e. The summed E-state index contributed by atoms with van der Waals surface area (Å²) in [5.41, 5.74) is 1.08. The number of rotatable bonds is 1. The standard InChI is InChI=1S/C11H11O2Si/c1-7-8-5-3-4-6-9(8)10(12)11(7,2)13-14/h3-7H,1-2H3. The van der Waals surface area contributed by atoms with Gasteiger partial charge in [0, 0.05) is 11.5 Å². The van der Waals surface area contributed by atoms with E-state index in [1.54, 1.807) is 0 Å². The Balaban J connectivity index is 2.59. The van der Waals surface area contributed by atoms with Crippen molar-refractivity contribution in [2.24, 2.45) is 0 Å². The van der Waals surface area contributed by atoms with E-state index in [1.165, 1.54) is 0 Å². The summed E-state index contributed by atoms with van der Waals surface area (Å²) < 4.78 is 5.16. The van der Waals surface area contributed by atoms with Crippen molar-refractivity contribution < 1.29 is 9.22 Å². The topological polar surface area (TPSA) is 26.3 Å². The molecule has 2 atom stereocenters. The van der Waals surface area contributed by atoms with Crippen LogP contribution in [0.2, 0.25) is 0 Å². The summed E-state index contributed by atoms with van der Waals surface area (Å²) >= 11 is 0. The number of fused-ring (bicyclic) bond motifs is 1. The normalized spacial score (nSPS) is 30.5. The Hall–Kier alpha value is -0.933. The van der Waals surface area contributed by atoms with Gasteiger partial charge in [-0.3, -0.25) is 4.79 Å². The SMILES string of the molecule is CC1c2ccccc2C(=O)C1(C)O[Si]. The molecule has 0 heterocycles. The Kier molecular flexibility index (Phi) is 2.08. The zero-order chi connectivity index (χ0) is 10.3. The Labute approximate surface area is 86.8 Å². The van der Waals surface area contributed by atoms with E-state index in [-0.39, 0.29) is 11.7 Å². The molecule has 3 heteroatoms. The molecule has 2 unspecified atom stereocenters. The minimum atomic E-state index is -0.763. The van der Waals surface area contributed by atoms with Crippen molar-refractivity contribution in [2.45, 2.75) is 25.4 Å². The Morgan fingerprint density at radius 1 is 1.43 bits per heavy atom. The summed E-state index contributed by atoms with van der Waals surface area (Å²) in [7, 11) is 3.00. The summed E-state index contributed by atoms with van der Waals surface area (Å²) in [6.07, 6.45) is 0. The summed E-state index contributed by atoms with van der Waals surface area (Å²) in [5.74, 6) is 0.138. The Morgan fingerprint density at radius 2 is 2.07 bits per heavy atom. The second kappa shape index (κ2) is 3.04. The second-order valence-corrected chi connectivity index (χ2v) is 4.05. The van der Waals surface area contributed by atoms with Gasteiger partial charge < -0.3 is 4.43 Å². The van der Waals surface area contributed by atoms with Crippen LogP contribution < -0.4 is 0 Å². The predicted molar refractivity (Wildman–Crippen MR) is 54.4 cm³/mol. The van der Waals surface area contributed by atoms with E-state index in [1.807, 2.05) is 38.1 Å². The van der Waals surface area contributed by atoms with Crippen molar-refractivity contribution in [3.05, 3.63) is 35.4 Å². The van der Waals surface area contributed by atoms with Crippen molar-refractivity contribution in [3.63, 3.8) is 0 Å². The molecule has 1 aliphatic rings. The predicted octanol–water partition coefficient (Wildman–Crippen LogP) is 1.85. The van der Waals surface area contributed by atoms with Gasteiger partial charge in [-0.15, -0.1) is 0 Å². The molecule has 0 amide bonds. The van der Waals surface area contributed by atoms with Crippen molar-refractivity contribution in [2.75, 3.05) is 0 Å². The molecule has 1 aromatic rings. The fourth-order valence-corrected chi connectivity index (χ4v) is 2.25. The summed E-state index contributed by atoms with van der Waals surface area (Å²) in [4.78, 5) is 12.0. The highest BCUT2D eigenvalue weighted by atomic mass is 28.2. The molecule has 2 rings (SSSR count). The van der Waals surface area contributed by atoms with Crippen molar-refractivity contribution >= 4 is 16.3 Å². The van der Waals surface area contributed by atoms with Crippen LogP contribution in [0.1, 0.15) is 35.7 Å². The molecule has 0 N–H and O–H groups in total. The number of carbonyl (C=O) groups excluding carboxylic acids is 1. The molecule has 1 aromatic carbocycles. The molecule has 1 aliphatic carbocycles. The van der Waals surface area contributed by atoms with Crippen LogP contribution in [-0.4, -0.2) is 21.9 Å². The largest absolute Gasteiger partial charge is 0.406 e. The van der Waals surface area contributed by atoms with Gasteiger partial charge in [0.1, 0.15) is 5.60 Å². The van der Waals surface area contributed by atoms with Crippen LogP contribution in [0.15, 0.2) is 24.3 Å². The van der Waals surface area contributed by atoms with Crippen LogP contribution in [-0.2, 0) is 4.43 Å². The molecule has 2 nitrogen and oxygen atoms in total. The number of hydrogen-bond acceptors (Lipinski definition) is 2. The lowest BCUT2D eigenvalue weighted by Crippen LogP contribution is -2.37. The third kappa shape index (κ3) is 1.03. The van der Waals surface area contributed by atoms with Crippen LogP contribution in [0.25, 0.3) is 0 Å². The molecule has 3 radical (unpaired) electrons. The number of ketones is 1. The fourth-order valence-electron chi connectivity index (χ4n) is 1.98. The van der Waals surface area contributed by atoms with Gasteiger partial charge in [-0.05, 0) is 12.5 Å². The first-order valence-corrected chi connectivity index (χ1v) is 5.00. The average molecular weight is 203 g/mol. The molecule has 0 aromatic heterocycles. The van der Waals surface area contributed by atoms with Gasteiger partial charge in [0.25, 0.3) is 0 Å². The van der Waals surface area contributed by atoms with E-state index in [9.17, 15) is 4.79 Å². The van der Waals surface area contributed by atoms with Gasteiger partial charge in [-0.1, -0.05) is 31.2 Å². The van der Waals surface area contributed by atoms with Crippen LogP contribution in [0.3, 0.4) is 0 Å². The highest BCUT2D eigenvalue weighted by molar-refractivity contribution is 6.10. The molecule has 0 saturated carbocycles. The highest BCUT2D eigenvalue weighted by Gasteiger charge is 2.47. The second-order valence-electron chi connectivity index (χ2n) is 3.85. The zero-order valence-electron chi connectivity index (χ0n) is 8.20. The third-order valence-electron chi connectivity index (χ3n) is 3.16. The van der Waals surface area contributed by atoms with Gasteiger partial charge in [0.15, 0.2) is 5.78 Å². The lowest BCUT2D eigenvalue weighted by Gasteiger charge is -2.26. The van der Waals surface area contributed by atoms with E-state index in [4.69, 9.17) is 4.43 Å². The number of Topliss-reactive ketones (excluding diaryl/α,β-unsaturated/α-hetero) is 1. The van der Waals surface area contributed by atoms with E-state index >= 15 is 0 Å². The molecule has 0 saturated heterocycles. The average Bonchev–Trinajstić information content (AvgIpc) is 2.43. The molecular weight excluding hydrogens is 192 g/mol. The fraction of sp³-hybridized carbons (Fsp3) is 0.364. The number of benzene rings is 1. The molecular formula is C11H11O2Si. The van der Waals surface area contributed by atoms with Gasteiger partial charge >= 0.3 is 0 Å². The van der Waals surface area contributed by atoms with Crippen LogP contribution in [0.5, 0.6) is 0 Å². The summed E-state index contributed by atoms with van der Waals surface area (Å²) in [6, 6.07) is 7.66. The van der Waals surface area contributed by atoms with Gasteiger partial charge in [0.05, 0.1) is 0 Å². The van der Waals surface area contributed by atoms with Gasteiger partial charge in [0.2, 0.25) is 10.5 Å². The first-order chi connectivity index (χ1) is 6.61. The molecule has 0 bridgehead atoms. The first kappa shape index (κ1) is 9.62. The van der Waals surface area contributed by atoms with E-state index in [0.29, 0.717) is 0 Å². The minimum Gasteiger partial charge on any atom is -0.406 e. The quantitative estimate of drug-likeness (QED) is 0.651. The first-order valence-electron chi connectivity index (χ1n) is 4.59. The van der Waals surface area contributed by atoms with Crippen LogP contribution in [0.4, 0.5) is 0 Å². The molecule has 14 heavy (non-hydrogen) atoms. The third-order valence-corrected chi connectivity index (χ3v) is 3.59. The van der Waals surface area contributed by atoms with E-state index in [2.05, 4.69) is 10.5 Å². The van der Waals surface area contributed by atoms with E-state index < -0.39 is 5.60 Å². The molecule has 0 spiro atoms. The lowest BCUT2D eigenvalue weighted by molar-refractivity contribution is 0.0526. The maximum Gasteiger partial charge on any atom is 0.247 e. The zero-order valence-corrected chi connectivity index (χ0v) is 9.20. The Morgan fingerprint density at radius 3 is 2.64 bits per heavy atom. The minimum absolute atomic E-state index is 0.0515. The summed E-state index contributed by atoms with van der Waals surface area (Å²) in [6.45, 7) is 3.82. The highest BCUT2D eigenvalue weighted by Crippen LogP contribution is 2.41. The lowest BCUT2D eigenvalue weighted by atomic mass is 9.91. The van der Waals surface area contributed by atoms with Crippen molar-refractivity contribution in [1.82, 2.24) is 0 Å². The maximum atomic E-state index is 12.0. The molecule has 0 fully saturated rings. The van der Waals surface area contributed by atoms with Crippen molar-refractivity contribution in [3.8, 4) is 0 Å². The molecule has 0 aliphatic heterocycles. The van der Waals surface area contributed by atoms with Crippen molar-refractivity contribution in [1.29, 1.82) is 0 Å². The molecule has 71 valence electrons. The number of hydrogen-bond donors (Lipinski definition) is 0. The monoisotopic (exact) mass is 203 g/mol. The number of carbonyl (C=O) groups is 1. The summed E-state index contributed by atoms with van der Waals surface area (Å²) in [5, 5.41) is 0. The van der Waals surface area contributed by atoms with Gasteiger partial charge in [-0.25, -0.2) is 0 Å².